The van der Waals surface area contributed by atoms with E-state index in [2.05, 4.69) is 34.9 Å². The standard InChI is InChI=1S/C15H20N2O/c1-16-8-4-7-13(18)17-15-12-9-10-5-2-3-6-11(10)14(12)15/h2-3,5-6,12,14-16H,4,7-9H2,1H3,(H,17,18). The Kier molecular flexibility index (Phi) is 3.08. The van der Waals surface area contributed by atoms with E-state index in [1.807, 2.05) is 7.05 Å². The summed E-state index contributed by atoms with van der Waals surface area (Å²) in [5.41, 5.74) is 2.94. The van der Waals surface area contributed by atoms with Crippen molar-refractivity contribution in [3.8, 4) is 0 Å². The van der Waals surface area contributed by atoms with Gasteiger partial charge in [-0.15, -0.1) is 0 Å². The Morgan fingerprint density at radius 1 is 1.39 bits per heavy atom. The molecular weight excluding hydrogens is 224 g/mol. The Hall–Kier alpha value is -1.35. The molecule has 3 nitrogen and oxygen atoms in total. The van der Waals surface area contributed by atoms with Crippen molar-refractivity contribution in [3.05, 3.63) is 35.4 Å². The number of hydrogen-bond donors (Lipinski definition) is 2. The van der Waals surface area contributed by atoms with Crippen molar-refractivity contribution in [2.24, 2.45) is 5.92 Å². The molecule has 2 aliphatic carbocycles. The molecule has 0 heterocycles. The van der Waals surface area contributed by atoms with Crippen LogP contribution < -0.4 is 10.6 Å². The SMILES string of the molecule is CNCCCC(=O)NC1C2Cc3ccccc3C21. The molecule has 3 heteroatoms. The Bertz CT molecular complexity index is 458. The third-order valence-corrected chi connectivity index (χ3v) is 4.20. The maximum atomic E-state index is 11.8. The molecule has 0 aromatic heterocycles. The van der Waals surface area contributed by atoms with Gasteiger partial charge in [-0.05, 0) is 43.5 Å². The second-order valence-corrected chi connectivity index (χ2v) is 5.39. The molecule has 18 heavy (non-hydrogen) atoms. The van der Waals surface area contributed by atoms with Crippen molar-refractivity contribution in [1.29, 1.82) is 0 Å². The van der Waals surface area contributed by atoms with E-state index in [-0.39, 0.29) is 5.91 Å². The van der Waals surface area contributed by atoms with Gasteiger partial charge < -0.3 is 10.6 Å². The minimum Gasteiger partial charge on any atom is -0.352 e. The largest absolute Gasteiger partial charge is 0.352 e. The molecule has 1 amide bonds. The molecule has 0 spiro atoms. The van der Waals surface area contributed by atoms with E-state index in [9.17, 15) is 4.79 Å². The molecular formula is C15H20N2O. The summed E-state index contributed by atoms with van der Waals surface area (Å²) in [6.07, 6.45) is 2.70. The lowest BCUT2D eigenvalue weighted by atomic mass is 10.1. The molecule has 0 bridgehead atoms. The number of carbonyl (C=O) groups is 1. The molecule has 0 aliphatic heterocycles. The van der Waals surface area contributed by atoms with Gasteiger partial charge in [0.2, 0.25) is 5.91 Å². The summed E-state index contributed by atoms with van der Waals surface area (Å²) >= 11 is 0. The molecule has 1 fully saturated rings. The first-order valence-electron chi connectivity index (χ1n) is 6.83. The second kappa shape index (κ2) is 4.73. The number of rotatable bonds is 5. The Morgan fingerprint density at radius 3 is 3.06 bits per heavy atom. The Morgan fingerprint density at radius 2 is 2.22 bits per heavy atom. The summed E-state index contributed by atoms with van der Waals surface area (Å²) in [5.74, 6) is 1.47. The van der Waals surface area contributed by atoms with E-state index >= 15 is 0 Å². The number of hydrogen-bond acceptors (Lipinski definition) is 2. The number of nitrogens with one attached hydrogen (secondary N) is 2. The van der Waals surface area contributed by atoms with Crippen LogP contribution in [0.1, 0.15) is 29.9 Å². The summed E-state index contributed by atoms with van der Waals surface area (Å²) in [5, 5.41) is 6.25. The van der Waals surface area contributed by atoms with Crippen LogP contribution >= 0.6 is 0 Å². The smallest absolute Gasteiger partial charge is 0.220 e. The zero-order valence-electron chi connectivity index (χ0n) is 10.8. The maximum absolute atomic E-state index is 11.8. The number of benzene rings is 1. The third-order valence-electron chi connectivity index (χ3n) is 4.20. The monoisotopic (exact) mass is 244 g/mol. The fraction of sp³-hybridized carbons (Fsp3) is 0.533. The van der Waals surface area contributed by atoms with Crippen LogP contribution in [0.5, 0.6) is 0 Å². The number of carbonyl (C=O) groups excluding carboxylic acids is 1. The van der Waals surface area contributed by atoms with Gasteiger partial charge in [0, 0.05) is 18.4 Å². The van der Waals surface area contributed by atoms with Gasteiger partial charge >= 0.3 is 0 Å². The Labute approximate surface area is 108 Å². The summed E-state index contributed by atoms with van der Waals surface area (Å²) in [4.78, 5) is 11.8. The lowest BCUT2D eigenvalue weighted by molar-refractivity contribution is -0.121. The van der Waals surface area contributed by atoms with Crippen LogP contribution in [0.4, 0.5) is 0 Å². The number of fused-ring (bicyclic) bond motifs is 3. The van der Waals surface area contributed by atoms with Crippen molar-refractivity contribution >= 4 is 5.91 Å². The van der Waals surface area contributed by atoms with Crippen molar-refractivity contribution in [1.82, 2.24) is 10.6 Å². The van der Waals surface area contributed by atoms with Crippen LogP contribution in [-0.4, -0.2) is 25.5 Å². The zero-order chi connectivity index (χ0) is 12.5. The highest BCUT2D eigenvalue weighted by Gasteiger charge is 2.56. The van der Waals surface area contributed by atoms with Crippen molar-refractivity contribution < 1.29 is 4.79 Å². The van der Waals surface area contributed by atoms with Crippen LogP contribution in [0.2, 0.25) is 0 Å². The highest BCUT2D eigenvalue weighted by Crippen LogP contribution is 2.56. The van der Waals surface area contributed by atoms with Crippen molar-refractivity contribution in [3.63, 3.8) is 0 Å². The molecule has 3 rings (SSSR count). The van der Waals surface area contributed by atoms with Gasteiger partial charge in [0.25, 0.3) is 0 Å². The third kappa shape index (κ3) is 2.03. The summed E-state index contributed by atoms with van der Waals surface area (Å²) < 4.78 is 0. The van der Waals surface area contributed by atoms with Crippen LogP contribution in [0.3, 0.4) is 0 Å². The lowest BCUT2D eigenvalue weighted by Crippen LogP contribution is -2.29. The first-order chi connectivity index (χ1) is 8.81. The minimum absolute atomic E-state index is 0.210. The van der Waals surface area contributed by atoms with E-state index in [4.69, 9.17) is 0 Å². The molecule has 2 N–H and O–H groups in total. The maximum Gasteiger partial charge on any atom is 0.220 e. The molecule has 2 aliphatic rings. The average Bonchev–Trinajstić information content (AvgIpc) is 2.88. The molecule has 1 aromatic rings. The summed E-state index contributed by atoms with van der Waals surface area (Å²) in [7, 11) is 1.92. The topological polar surface area (TPSA) is 41.1 Å². The van der Waals surface area contributed by atoms with Crippen molar-refractivity contribution in [2.45, 2.75) is 31.2 Å². The highest BCUT2D eigenvalue weighted by atomic mass is 16.1. The van der Waals surface area contributed by atoms with Gasteiger partial charge in [0.05, 0.1) is 0 Å². The van der Waals surface area contributed by atoms with Crippen LogP contribution in [-0.2, 0) is 11.2 Å². The van der Waals surface area contributed by atoms with Gasteiger partial charge in [-0.3, -0.25) is 4.79 Å². The van der Waals surface area contributed by atoms with E-state index in [0.717, 1.165) is 19.4 Å². The predicted molar refractivity (Wildman–Crippen MR) is 71.5 cm³/mol. The fourth-order valence-corrected chi connectivity index (χ4v) is 3.23. The first kappa shape index (κ1) is 11.7. The molecule has 0 radical (unpaired) electrons. The molecule has 3 unspecified atom stereocenters. The second-order valence-electron chi connectivity index (χ2n) is 5.39. The fourth-order valence-electron chi connectivity index (χ4n) is 3.23. The quantitative estimate of drug-likeness (QED) is 0.770. The highest BCUT2D eigenvalue weighted by molar-refractivity contribution is 5.77. The van der Waals surface area contributed by atoms with Gasteiger partial charge in [-0.25, -0.2) is 0 Å². The predicted octanol–water partition coefficient (Wildman–Crippen LogP) is 1.44. The average molecular weight is 244 g/mol. The van der Waals surface area contributed by atoms with E-state index in [1.165, 1.54) is 11.1 Å². The van der Waals surface area contributed by atoms with E-state index in [1.54, 1.807) is 0 Å². The summed E-state index contributed by atoms with van der Waals surface area (Å²) in [6, 6.07) is 9.04. The normalized spacial score (nSPS) is 27.5. The number of amides is 1. The Balaban J connectivity index is 1.52. The molecule has 1 saturated carbocycles. The first-order valence-corrected chi connectivity index (χ1v) is 6.83. The zero-order valence-corrected chi connectivity index (χ0v) is 10.8. The molecule has 0 saturated heterocycles. The minimum atomic E-state index is 0.210. The van der Waals surface area contributed by atoms with Gasteiger partial charge in [-0.2, -0.15) is 0 Å². The van der Waals surface area contributed by atoms with Crippen LogP contribution in [0, 0.1) is 5.92 Å². The lowest BCUT2D eigenvalue weighted by Gasteiger charge is -2.09. The van der Waals surface area contributed by atoms with Gasteiger partial charge in [0.15, 0.2) is 0 Å². The molecule has 1 aromatic carbocycles. The van der Waals surface area contributed by atoms with Crippen LogP contribution in [0.15, 0.2) is 24.3 Å². The molecule has 3 atom stereocenters. The van der Waals surface area contributed by atoms with Gasteiger partial charge in [-0.1, -0.05) is 24.3 Å². The van der Waals surface area contributed by atoms with E-state index < -0.39 is 0 Å². The molecule has 96 valence electrons. The summed E-state index contributed by atoms with van der Waals surface area (Å²) in [6.45, 7) is 0.910. The van der Waals surface area contributed by atoms with E-state index in [0.29, 0.717) is 24.3 Å². The van der Waals surface area contributed by atoms with Crippen LogP contribution in [0.25, 0.3) is 0 Å². The van der Waals surface area contributed by atoms with Gasteiger partial charge in [0.1, 0.15) is 0 Å². The van der Waals surface area contributed by atoms with Crippen molar-refractivity contribution in [2.75, 3.05) is 13.6 Å².